The van der Waals surface area contributed by atoms with Gasteiger partial charge in [-0.05, 0) is 13.3 Å². The van der Waals surface area contributed by atoms with Crippen LogP contribution < -0.4 is 5.73 Å². The monoisotopic (exact) mass is 257 g/mol. The van der Waals surface area contributed by atoms with E-state index < -0.39 is 25.7 Å². The molecule has 0 fully saturated rings. The van der Waals surface area contributed by atoms with Crippen LogP contribution in [0.4, 0.5) is 0 Å². The average Bonchev–Trinajstić information content (AvgIpc) is 1.99. The molecule has 0 saturated carbocycles. The maximum absolute atomic E-state index is 11.3. The van der Waals surface area contributed by atoms with Crippen LogP contribution in [0.2, 0.25) is 0 Å². The smallest absolute Gasteiger partial charge is 0.152 e. The van der Waals surface area contributed by atoms with E-state index in [4.69, 9.17) is 5.73 Å². The molecule has 7 heteroatoms. The lowest BCUT2D eigenvalue weighted by Crippen LogP contribution is -2.30. The van der Waals surface area contributed by atoms with Crippen molar-refractivity contribution in [2.24, 2.45) is 5.73 Å². The van der Waals surface area contributed by atoms with Gasteiger partial charge in [-0.1, -0.05) is 6.92 Å². The first kappa shape index (κ1) is 14.9. The summed E-state index contributed by atoms with van der Waals surface area (Å²) < 4.78 is 45.2. The number of hydrogen-bond donors (Lipinski definition) is 1. The van der Waals surface area contributed by atoms with Crippen LogP contribution in [-0.4, -0.2) is 45.9 Å². The van der Waals surface area contributed by atoms with Crippen LogP contribution in [0.1, 0.15) is 20.3 Å². The third-order valence-corrected chi connectivity index (χ3v) is 5.71. The van der Waals surface area contributed by atoms with E-state index in [9.17, 15) is 16.8 Å². The van der Waals surface area contributed by atoms with E-state index >= 15 is 0 Å². The van der Waals surface area contributed by atoms with Crippen LogP contribution in [0.5, 0.6) is 0 Å². The van der Waals surface area contributed by atoms with E-state index in [-0.39, 0.29) is 23.0 Å². The summed E-state index contributed by atoms with van der Waals surface area (Å²) in [5.41, 5.74) is 5.35. The molecule has 0 heterocycles. The topological polar surface area (TPSA) is 94.3 Å². The number of rotatable bonds is 7. The molecule has 2 N–H and O–H groups in total. The molecule has 0 spiro atoms. The van der Waals surface area contributed by atoms with E-state index in [1.165, 1.54) is 0 Å². The highest BCUT2D eigenvalue weighted by Gasteiger charge is 2.18. The van der Waals surface area contributed by atoms with Crippen LogP contribution in [0.25, 0.3) is 0 Å². The first-order valence-corrected chi connectivity index (χ1v) is 8.49. The summed E-state index contributed by atoms with van der Waals surface area (Å²) in [7, 11) is -6.56. The fourth-order valence-electron chi connectivity index (χ4n) is 1.15. The van der Waals surface area contributed by atoms with E-state index in [2.05, 4.69) is 0 Å². The fraction of sp³-hybridized carbons (Fsp3) is 1.00. The third-order valence-electron chi connectivity index (χ3n) is 1.74. The van der Waals surface area contributed by atoms with Gasteiger partial charge in [0.1, 0.15) is 0 Å². The summed E-state index contributed by atoms with van der Waals surface area (Å²) in [6.07, 6.45) is 0.510. The standard InChI is InChI=1S/C8H19NO4S2/c1-3-4-14(10,11)5-6-15(12,13)7-8(2)9/h8H,3-7,9H2,1-2H3. The van der Waals surface area contributed by atoms with Crippen molar-refractivity contribution in [1.29, 1.82) is 0 Å². The molecule has 0 aromatic rings. The van der Waals surface area contributed by atoms with Crippen LogP contribution in [-0.2, 0) is 19.7 Å². The van der Waals surface area contributed by atoms with Crippen molar-refractivity contribution in [2.75, 3.05) is 23.0 Å². The van der Waals surface area contributed by atoms with Gasteiger partial charge in [-0.3, -0.25) is 0 Å². The van der Waals surface area contributed by atoms with Gasteiger partial charge in [-0.15, -0.1) is 0 Å². The van der Waals surface area contributed by atoms with Crippen molar-refractivity contribution in [2.45, 2.75) is 26.3 Å². The van der Waals surface area contributed by atoms with Gasteiger partial charge in [0.05, 0.1) is 17.3 Å². The largest absolute Gasteiger partial charge is 0.327 e. The molecule has 0 aromatic carbocycles. The highest BCUT2D eigenvalue weighted by atomic mass is 32.2. The zero-order valence-electron chi connectivity index (χ0n) is 9.14. The molecule has 1 atom stereocenters. The van der Waals surface area contributed by atoms with Gasteiger partial charge in [0, 0.05) is 11.8 Å². The van der Waals surface area contributed by atoms with Crippen molar-refractivity contribution in [3.05, 3.63) is 0 Å². The Labute approximate surface area is 91.9 Å². The molecular weight excluding hydrogens is 238 g/mol. The summed E-state index contributed by atoms with van der Waals surface area (Å²) in [6.45, 7) is 3.33. The first-order valence-electron chi connectivity index (χ1n) is 4.85. The van der Waals surface area contributed by atoms with E-state index in [1.54, 1.807) is 13.8 Å². The lowest BCUT2D eigenvalue weighted by Gasteiger charge is -2.07. The van der Waals surface area contributed by atoms with Gasteiger partial charge in [-0.2, -0.15) is 0 Å². The molecule has 0 aliphatic carbocycles. The molecule has 0 aliphatic heterocycles. The predicted molar refractivity (Wildman–Crippen MR) is 61.2 cm³/mol. The molecular formula is C8H19NO4S2. The molecule has 5 nitrogen and oxygen atoms in total. The summed E-state index contributed by atoms with van der Waals surface area (Å²) in [5, 5.41) is 0. The van der Waals surface area contributed by atoms with Crippen molar-refractivity contribution in [3.63, 3.8) is 0 Å². The van der Waals surface area contributed by atoms with Crippen molar-refractivity contribution < 1.29 is 16.8 Å². The predicted octanol–water partition coefficient (Wildman–Crippen LogP) is -0.427. The molecule has 0 amide bonds. The lowest BCUT2D eigenvalue weighted by molar-refractivity contribution is 0.583. The highest BCUT2D eigenvalue weighted by molar-refractivity contribution is 7.95. The van der Waals surface area contributed by atoms with Crippen molar-refractivity contribution in [3.8, 4) is 0 Å². The minimum absolute atomic E-state index is 0.0424. The Balaban J connectivity index is 4.28. The zero-order chi connectivity index (χ0) is 12.1. The number of sulfone groups is 2. The fourth-order valence-corrected chi connectivity index (χ4v) is 4.98. The Morgan fingerprint density at radius 1 is 1.00 bits per heavy atom. The molecule has 0 radical (unpaired) electrons. The SMILES string of the molecule is CCCS(=O)(=O)CCS(=O)(=O)CC(C)N. The molecule has 0 saturated heterocycles. The average molecular weight is 257 g/mol. The van der Waals surface area contributed by atoms with Crippen molar-refractivity contribution in [1.82, 2.24) is 0 Å². The molecule has 0 rings (SSSR count). The van der Waals surface area contributed by atoms with Gasteiger partial charge < -0.3 is 5.73 Å². The lowest BCUT2D eigenvalue weighted by atomic mass is 10.4. The summed E-state index contributed by atoms with van der Waals surface area (Å²) in [5.74, 6) is -0.734. The second-order valence-corrected chi connectivity index (χ2v) is 8.28. The van der Waals surface area contributed by atoms with Gasteiger partial charge in [0.15, 0.2) is 19.7 Å². The summed E-state index contributed by atoms with van der Waals surface area (Å²) in [4.78, 5) is 0. The second kappa shape index (κ2) is 5.81. The zero-order valence-corrected chi connectivity index (χ0v) is 10.8. The molecule has 1 unspecified atom stereocenters. The van der Waals surface area contributed by atoms with Crippen LogP contribution in [0.15, 0.2) is 0 Å². The highest BCUT2D eigenvalue weighted by Crippen LogP contribution is 1.99. The van der Waals surface area contributed by atoms with Gasteiger partial charge in [0.2, 0.25) is 0 Å². The third kappa shape index (κ3) is 7.75. The van der Waals surface area contributed by atoms with E-state index in [0.717, 1.165) is 0 Å². The minimum atomic E-state index is -3.34. The number of nitrogens with two attached hydrogens (primary N) is 1. The second-order valence-electron chi connectivity index (χ2n) is 3.74. The minimum Gasteiger partial charge on any atom is -0.327 e. The normalized spacial score (nSPS) is 15.1. The molecule has 0 aromatic heterocycles. The summed E-state index contributed by atoms with van der Waals surface area (Å²) >= 11 is 0. The number of hydrogen-bond acceptors (Lipinski definition) is 5. The van der Waals surface area contributed by atoms with Gasteiger partial charge in [-0.25, -0.2) is 16.8 Å². The maximum Gasteiger partial charge on any atom is 0.152 e. The first-order chi connectivity index (χ1) is 6.68. The Morgan fingerprint density at radius 3 is 1.87 bits per heavy atom. The summed E-state index contributed by atoms with van der Waals surface area (Å²) in [6, 6.07) is -0.455. The van der Waals surface area contributed by atoms with E-state index in [1.807, 2.05) is 0 Å². The Hall–Kier alpha value is -0.140. The van der Waals surface area contributed by atoms with E-state index in [0.29, 0.717) is 6.42 Å². The van der Waals surface area contributed by atoms with Crippen LogP contribution >= 0.6 is 0 Å². The quantitative estimate of drug-likeness (QED) is 0.668. The maximum atomic E-state index is 11.3. The Kier molecular flexibility index (Phi) is 5.76. The Morgan fingerprint density at radius 2 is 1.47 bits per heavy atom. The van der Waals surface area contributed by atoms with Gasteiger partial charge in [0.25, 0.3) is 0 Å². The molecule has 0 bridgehead atoms. The molecule has 15 heavy (non-hydrogen) atoms. The van der Waals surface area contributed by atoms with Crippen LogP contribution in [0.3, 0.4) is 0 Å². The van der Waals surface area contributed by atoms with Crippen molar-refractivity contribution >= 4 is 19.7 Å². The molecule has 0 aliphatic rings. The Bertz CT molecular complexity index is 369. The van der Waals surface area contributed by atoms with Crippen LogP contribution in [0, 0.1) is 0 Å². The molecule has 92 valence electrons. The van der Waals surface area contributed by atoms with Gasteiger partial charge >= 0.3 is 0 Å².